The van der Waals surface area contributed by atoms with Crippen molar-refractivity contribution in [3.8, 4) is 5.75 Å². The lowest BCUT2D eigenvalue weighted by molar-refractivity contribution is 0.399. The van der Waals surface area contributed by atoms with Gasteiger partial charge in [0.15, 0.2) is 5.75 Å². The molecule has 2 N–H and O–H groups in total. The van der Waals surface area contributed by atoms with E-state index in [2.05, 4.69) is 18.9 Å². The molecule has 0 radical (unpaired) electrons. The number of aromatic nitrogens is 2. The first-order valence-electron chi connectivity index (χ1n) is 7.62. The second kappa shape index (κ2) is 7.36. The minimum atomic E-state index is -0.0122. The summed E-state index contributed by atoms with van der Waals surface area (Å²) < 4.78 is 7.41. The lowest BCUT2D eigenvalue weighted by Gasteiger charge is -2.23. The van der Waals surface area contributed by atoms with Gasteiger partial charge in [0.2, 0.25) is 0 Å². The molecule has 1 aromatic rings. The fourth-order valence-electron chi connectivity index (χ4n) is 2.83. The first kappa shape index (κ1) is 15.7. The highest BCUT2D eigenvalue weighted by atomic mass is 32.2. The van der Waals surface area contributed by atoms with Gasteiger partial charge in [0, 0.05) is 17.0 Å². The van der Waals surface area contributed by atoms with E-state index in [1.54, 1.807) is 13.3 Å². The van der Waals surface area contributed by atoms with E-state index in [-0.39, 0.29) is 6.04 Å². The monoisotopic (exact) mass is 297 g/mol. The van der Waals surface area contributed by atoms with Crippen molar-refractivity contribution in [2.45, 2.75) is 63.3 Å². The van der Waals surface area contributed by atoms with Crippen molar-refractivity contribution >= 4 is 11.8 Å². The third kappa shape index (κ3) is 3.70. The van der Waals surface area contributed by atoms with Gasteiger partial charge in [0.05, 0.1) is 25.0 Å². The summed E-state index contributed by atoms with van der Waals surface area (Å²) in [6, 6.07) is 0.293. The zero-order chi connectivity index (χ0) is 14.5. The molecule has 4 nitrogen and oxygen atoms in total. The van der Waals surface area contributed by atoms with E-state index >= 15 is 0 Å². The van der Waals surface area contributed by atoms with E-state index in [1.807, 2.05) is 16.4 Å². The quantitative estimate of drug-likeness (QED) is 0.872. The Labute approximate surface area is 126 Å². The van der Waals surface area contributed by atoms with E-state index in [0.717, 1.165) is 22.4 Å². The largest absolute Gasteiger partial charge is 0.493 e. The second-order valence-electron chi connectivity index (χ2n) is 5.84. The third-order valence-electron chi connectivity index (χ3n) is 3.92. The fourth-order valence-corrected chi connectivity index (χ4v) is 4.13. The predicted molar refractivity (Wildman–Crippen MR) is 85.4 cm³/mol. The van der Waals surface area contributed by atoms with Gasteiger partial charge in [-0.05, 0) is 26.7 Å². The molecule has 20 heavy (non-hydrogen) atoms. The lowest BCUT2D eigenvalue weighted by atomic mass is 10.0. The molecule has 1 fully saturated rings. The van der Waals surface area contributed by atoms with Gasteiger partial charge < -0.3 is 10.5 Å². The van der Waals surface area contributed by atoms with Crippen LogP contribution in [0.15, 0.2) is 6.20 Å². The SMILES string of the molecule is COc1cnn(C(C)C)c1C(N)CSC1CCCCC1. The molecule has 1 aliphatic carbocycles. The van der Waals surface area contributed by atoms with Crippen LogP contribution < -0.4 is 10.5 Å². The number of hydrogen-bond acceptors (Lipinski definition) is 4. The standard InChI is InChI=1S/C15H27N3OS/c1-11(2)18-15(14(19-3)9-17-18)13(16)10-20-12-7-5-4-6-8-12/h9,11-13H,4-8,10,16H2,1-3H3. The Kier molecular flexibility index (Phi) is 5.78. The molecule has 1 atom stereocenters. The van der Waals surface area contributed by atoms with Gasteiger partial charge in [-0.1, -0.05) is 19.3 Å². The van der Waals surface area contributed by atoms with Crippen LogP contribution in [-0.4, -0.2) is 27.9 Å². The van der Waals surface area contributed by atoms with Gasteiger partial charge in [-0.3, -0.25) is 4.68 Å². The lowest BCUT2D eigenvalue weighted by Crippen LogP contribution is -2.22. The molecule has 0 bridgehead atoms. The minimum Gasteiger partial charge on any atom is -0.493 e. The van der Waals surface area contributed by atoms with Gasteiger partial charge >= 0.3 is 0 Å². The van der Waals surface area contributed by atoms with Crippen molar-refractivity contribution in [3.63, 3.8) is 0 Å². The van der Waals surface area contributed by atoms with Crippen molar-refractivity contribution in [1.29, 1.82) is 0 Å². The van der Waals surface area contributed by atoms with Crippen LogP contribution in [0.4, 0.5) is 0 Å². The van der Waals surface area contributed by atoms with Crippen LogP contribution in [0.3, 0.4) is 0 Å². The van der Waals surface area contributed by atoms with Crippen LogP contribution in [-0.2, 0) is 0 Å². The Hall–Kier alpha value is -0.680. The van der Waals surface area contributed by atoms with Crippen molar-refractivity contribution in [3.05, 3.63) is 11.9 Å². The summed E-state index contributed by atoms with van der Waals surface area (Å²) >= 11 is 2.02. The highest BCUT2D eigenvalue weighted by Gasteiger charge is 2.22. The van der Waals surface area contributed by atoms with Crippen molar-refractivity contribution in [1.82, 2.24) is 9.78 Å². The molecular weight excluding hydrogens is 270 g/mol. The average molecular weight is 297 g/mol. The smallest absolute Gasteiger partial charge is 0.161 e. The molecular formula is C15H27N3OS. The van der Waals surface area contributed by atoms with Crippen molar-refractivity contribution < 1.29 is 4.74 Å². The summed E-state index contributed by atoms with van der Waals surface area (Å²) in [4.78, 5) is 0. The molecule has 1 saturated carbocycles. The fraction of sp³-hybridized carbons (Fsp3) is 0.800. The van der Waals surface area contributed by atoms with Gasteiger partial charge in [0.25, 0.3) is 0 Å². The van der Waals surface area contributed by atoms with E-state index in [4.69, 9.17) is 10.5 Å². The molecule has 5 heteroatoms. The molecule has 0 amide bonds. The van der Waals surface area contributed by atoms with Crippen LogP contribution >= 0.6 is 11.8 Å². The summed E-state index contributed by atoms with van der Waals surface area (Å²) in [5, 5.41) is 5.19. The first-order chi connectivity index (χ1) is 9.63. The van der Waals surface area contributed by atoms with Crippen molar-refractivity contribution in [2.75, 3.05) is 12.9 Å². The van der Waals surface area contributed by atoms with E-state index in [1.165, 1.54) is 32.1 Å². The highest BCUT2D eigenvalue weighted by molar-refractivity contribution is 7.99. The number of methoxy groups -OCH3 is 1. The van der Waals surface area contributed by atoms with Crippen LogP contribution in [0, 0.1) is 0 Å². The maximum Gasteiger partial charge on any atom is 0.161 e. The molecule has 0 aromatic carbocycles. The molecule has 1 aliphatic rings. The third-order valence-corrected chi connectivity index (χ3v) is 5.42. The van der Waals surface area contributed by atoms with Crippen LogP contribution in [0.1, 0.15) is 63.7 Å². The zero-order valence-electron chi connectivity index (χ0n) is 12.8. The average Bonchev–Trinajstić information content (AvgIpc) is 2.90. The Bertz CT molecular complexity index is 413. The summed E-state index contributed by atoms with van der Waals surface area (Å²) in [5.41, 5.74) is 7.44. The molecule has 0 aliphatic heterocycles. The number of ether oxygens (including phenoxy) is 1. The number of rotatable bonds is 6. The summed E-state index contributed by atoms with van der Waals surface area (Å²) in [7, 11) is 1.69. The molecule has 1 heterocycles. The van der Waals surface area contributed by atoms with Crippen LogP contribution in [0.5, 0.6) is 5.75 Å². The summed E-state index contributed by atoms with van der Waals surface area (Å²) in [6.07, 6.45) is 8.62. The number of nitrogens with two attached hydrogens (primary N) is 1. The van der Waals surface area contributed by atoms with E-state index in [9.17, 15) is 0 Å². The van der Waals surface area contributed by atoms with Gasteiger partial charge in [-0.25, -0.2) is 0 Å². The summed E-state index contributed by atoms with van der Waals surface area (Å²) in [5.74, 6) is 1.76. The van der Waals surface area contributed by atoms with Crippen molar-refractivity contribution in [2.24, 2.45) is 5.73 Å². The van der Waals surface area contributed by atoms with Gasteiger partial charge in [-0.2, -0.15) is 16.9 Å². The van der Waals surface area contributed by atoms with Crippen LogP contribution in [0.25, 0.3) is 0 Å². The van der Waals surface area contributed by atoms with Crippen LogP contribution in [0.2, 0.25) is 0 Å². The normalized spacial score (nSPS) is 18.4. The second-order valence-corrected chi connectivity index (χ2v) is 7.17. The number of hydrogen-bond donors (Lipinski definition) is 1. The number of thioether (sulfide) groups is 1. The predicted octanol–water partition coefficient (Wildman–Crippen LogP) is 3.54. The summed E-state index contributed by atoms with van der Waals surface area (Å²) in [6.45, 7) is 4.24. The minimum absolute atomic E-state index is 0.0122. The number of nitrogens with zero attached hydrogens (tertiary/aromatic N) is 2. The van der Waals surface area contributed by atoms with E-state index in [0.29, 0.717) is 6.04 Å². The molecule has 114 valence electrons. The Morgan fingerprint density at radius 3 is 2.70 bits per heavy atom. The highest BCUT2D eigenvalue weighted by Crippen LogP contribution is 2.33. The van der Waals surface area contributed by atoms with E-state index < -0.39 is 0 Å². The maximum atomic E-state index is 6.41. The topological polar surface area (TPSA) is 53.1 Å². The maximum absolute atomic E-state index is 6.41. The molecule has 1 aromatic heterocycles. The first-order valence-corrected chi connectivity index (χ1v) is 8.67. The Balaban J connectivity index is 2.00. The zero-order valence-corrected chi connectivity index (χ0v) is 13.7. The Morgan fingerprint density at radius 2 is 2.10 bits per heavy atom. The Morgan fingerprint density at radius 1 is 1.40 bits per heavy atom. The van der Waals surface area contributed by atoms with Gasteiger partial charge in [0.1, 0.15) is 0 Å². The van der Waals surface area contributed by atoms with Gasteiger partial charge in [-0.15, -0.1) is 0 Å². The molecule has 2 rings (SSSR count). The molecule has 0 spiro atoms. The molecule has 0 saturated heterocycles. The molecule has 1 unspecified atom stereocenters.